The normalized spacial score (nSPS) is 27.2. The SMILES string of the molecule is COc1ccccc1C(=O)N1C[C@@H]2C[C@H]1C[C@@H]2NS(C)(=O)=O. The molecule has 2 aliphatic rings. The third-order valence-electron chi connectivity index (χ3n) is 4.51. The molecule has 1 saturated carbocycles. The van der Waals surface area contributed by atoms with Gasteiger partial charge in [0.1, 0.15) is 5.75 Å². The molecule has 1 aliphatic heterocycles. The number of likely N-dealkylation sites (tertiary alicyclic amines) is 1. The Bertz CT molecular complexity index is 689. The van der Waals surface area contributed by atoms with Crippen molar-refractivity contribution in [3.05, 3.63) is 29.8 Å². The molecule has 3 atom stereocenters. The first kappa shape index (κ1) is 15.3. The second kappa shape index (κ2) is 5.55. The summed E-state index contributed by atoms with van der Waals surface area (Å²) in [4.78, 5) is 14.6. The average molecular weight is 324 g/mol. The van der Waals surface area contributed by atoms with Crippen LogP contribution < -0.4 is 9.46 Å². The molecule has 1 aliphatic carbocycles. The van der Waals surface area contributed by atoms with E-state index in [2.05, 4.69) is 4.72 Å². The molecule has 1 N–H and O–H groups in total. The molecule has 0 radical (unpaired) electrons. The van der Waals surface area contributed by atoms with Crippen LogP contribution in [0.5, 0.6) is 5.75 Å². The lowest BCUT2D eigenvalue weighted by Crippen LogP contribution is -2.47. The molecule has 0 unspecified atom stereocenters. The summed E-state index contributed by atoms with van der Waals surface area (Å²) in [7, 11) is -1.65. The number of hydrogen-bond acceptors (Lipinski definition) is 4. The summed E-state index contributed by atoms with van der Waals surface area (Å²) in [5, 5.41) is 0. The number of para-hydroxylation sites is 1. The fourth-order valence-corrected chi connectivity index (χ4v) is 4.44. The van der Waals surface area contributed by atoms with Crippen LogP contribution in [-0.4, -0.2) is 51.2 Å². The van der Waals surface area contributed by atoms with Gasteiger partial charge in [0, 0.05) is 18.6 Å². The summed E-state index contributed by atoms with van der Waals surface area (Å²) in [6.45, 7) is 0.592. The molecule has 1 heterocycles. The molecule has 1 saturated heterocycles. The van der Waals surface area contributed by atoms with Crippen LogP contribution in [0.15, 0.2) is 24.3 Å². The van der Waals surface area contributed by atoms with E-state index in [1.54, 1.807) is 19.2 Å². The summed E-state index contributed by atoms with van der Waals surface area (Å²) in [5.74, 6) is 0.724. The third-order valence-corrected chi connectivity index (χ3v) is 5.24. The van der Waals surface area contributed by atoms with Gasteiger partial charge in [-0.25, -0.2) is 13.1 Å². The van der Waals surface area contributed by atoms with Gasteiger partial charge in [0.15, 0.2) is 0 Å². The monoisotopic (exact) mass is 324 g/mol. The van der Waals surface area contributed by atoms with E-state index in [1.165, 1.54) is 6.26 Å². The molecule has 1 aromatic rings. The predicted molar refractivity (Wildman–Crippen MR) is 82.3 cm³/mol. The Balaban J connectivity index is 1.73. The zero-order chi connectivity index (χ0) is 15.9. The molecule has 120 valence electrons. The number of methoxy groups -OCH3 is 1. The number of carbonyl (C=O) groups is 1. The first-order chi connectivity index (χ1) is 10.4. The first-order valence-electron chi connectivity index (χ1n) is 7.30. The molecule has 7 heteroatoms. The van der Waals surface area contributed by atoms with Gasteiger partial charge in [-0.05, 0) is 30.9 Å². The maximum absolute atomic E-state index is 12.7. The number of nitrogens with zero attached hydrogens (tertiary/aromatic N) is 1. The van der Waals surface area contributed by atoms with Crippen molar-refractivity contribution in [2.75, 3.05) is 19.9 Å². The van der Waals surface area contributed by atoms with Crippen LogP contribution in [0.25, 0.3) is 0 Å². The second-order valence-corrected chi connectivity index (χ2v) is 7.82. The van der Waals surface area contributed by atoms with Gasteiger partial charge in [0.05, 0.1) is 18.9 Å². The third kappa shape index (κ3) is 2.83. The molecule has 2 bridgehead atoms. The zero-order valence-electron chi connectivity index (χ0n) is 12.7. The van der Waals surface area contributed by atoms with E-state index in [0.29, 0.717) is 24.3 Å². The molecule has 0 aromatic heterocycles. The van der Waals surface area contributed by atoms with Crippen molar-refractivity contribution in [1.82, 2.24) is 9.62 Å². The van der Waals surface area contributed by atoms with Crippen LogP contribution in [0, 0.1) is 5.92 Å². The Morgan fingerprint density at radius 3 is 2.64 bits per heavy atom. The Morgan fingerprint density at radius 1 is 1.32 bits per heavy atom. The van der Waals surface area contributed by atoms with E-state index in [1.807, 2.05) is 17.0 Å². The van der Waals surface area contributed by atoms with Crippen LogP contribution >= 0.6 is 0 Å². The van der Waals surface area contributed by atoms with Gasteiger partial charge in [-0.3, -0.25) is 4.79 Å². The summed E-state index contributed by atoms with van der Waals surface area (Å²) in [5.41, 5.74) is 0.560. The molecular weight excluding hydrogens is 304 g/mol. The van der Waals surface area contributed by atoms with Gasteiger partial charge in [-0.15, -0.1) is 0 Å². The Morgan fingerprint density at radius 2 is 2.05 bits per heavy atom. The number of amides is 1. The van der Waals surface area contributed by atoms with Crippen LogP contribution in [0.3, 0.4) is 0 Å². The number of piperidine rings is 1. The molecule has 0 spiro atoms. The largest absolute Gasteiger partial charge is 0.496 e. The number of hydrogen-bond donors (Lipinski definition) is 1. The van der Waals surface area contributed by atoms with Gasteiger partial charge in [-0.1, -0.05) is 12.1 Å². The molecule has 1 aromatic carbocycles. The van der Waals surface area contributed by atoms with Gasteiger partial charge in [0.25, 0.3) is 5.91 Å². The molecule has 22 heavy (non-hydrogen) atoms. The Kier molecular flexibility index (Phi) is 3.86. The van der Waals surface area contributed by atoms with Gasteiger partial charge >= 0.3 is 0 Å². The Hall–Kier alpha value is -1.60. The smallest absolute Gasteiger partial charge is 0.257 e. The van der Waals surface area contributed by atoms with E-state index in [0.717, 1.165) is 6.42 Å². The number of sulfonamides is 1. The predicted octanol–water partition coefficient (Wildman–Crippen LogP) is 0.847. The standard InChI is InChI=1S/C15H20N2O4S/c1-21-14-6-4-3-5-12(14)15(18)17-9-10-7-11(17)8-13(10)16-22(2,19)20/h3-6,10-11,13,16H,7-9H2,1-2H3/t10-,11-,13-/m0/s1. The molecule has 1 amide bonds. The van der Waals surface area contributed by atoms with Crippen LogP contribution in [0.2, 0.25) is 0 Å². The topological polar surface area (TPSA) is 75.7 Å². The number of benzene rings is 1. The van der Waals surface area contributed by atoms with Crippen LogP contribution in [0.4, 0.5) is 0 Å². The van der Waals surface area contributed by atoms with E-state index in [-0.39, 0.29) is 23.9 Å². The van der Waals surface area contributed by atoms with Gasteiger partial charge < -0.3 is 9.64 Å². The molecular formula is C15H20N2O4S. The zero-order valence-corrected chi connectivity index (χ0v) is 13.5. The van der Waals surface area contributed by atoms with Crippen LogP contribution in [0.1, 0.15) is 23.2 Å². The summed E-state index contributed by atoms with van der Waals surface area (Å²) in [6, 6.07) is 7.23. The fourth-order valence-electron chi connectivity index (χ4n) is 3.60. The lowest BCUT2D eigenvalue weighted by Gasteiger charge is -2.32. The molecule has 3 rings (SSSR count). The molecule has 6 nitrogen and oxygen atoms in total. The highest BCUT2D eigenvalue weighted by Gasteiger charge is 2.47. The lowest BCUT2D eigenvalue weighted by atomic mass is 10.0. The fraction of sp³-hybridized carbons (Fsp3) is 0.533. The highest BCUT2D eigenvalue weighted by atomic mass is 32.2. The van der Waals surface area contributed by atoms with Crippen molar-refractivity contribution in [1.29, 1.82) is 0 Å². The average Bonchev–Trinajstić information content (AvgIpc) is 3.04. The Labute approximate surface area is 130 Å². The lowest BCUT2D eigenvalue weighted by molar-refractivity contribution is 0.0688. The minimum absolute atomic E-state index is 0.0391. The van der Waals surface area contributed by atoms with Crippen molar-refractivity contribution in [3.63, 3.8) is 0 Å². The van der Waals surface area contributed by atoms with E-state index in [4.69, 9.17) is 4.74 Å². The van der Waals surface area contributed by atoms with E-state index in [9.17, 15) is 13.2 Å². The highest BCUT2D eigenvalue weighted by Crippen LogP contribution is 2.39. The minimum Gasteiger partial charge on any atom is -0.496 e. The van der Waals surface area contributed by atoms with Crippen molar-refractivity contribution >= 4 is 15.9 Å². The van der Waals surface area contributed by atoms with Crippen molar-refractivity contribution < 1.29 is 17.9 Å². The maximum atomic E-state index is 12.7. The maximum Gasteiger partial charge on any atom is 0.257 e. The number of fused-ring (bicyclic) bond motifs is 2. The van der Waals surface area contributed by atoms with Gasteiger partial charge in [0.2, 0.25) is 10.0 Å². The van der Waals surface area contributed by atoms with Crippen molar-refractivity contribution in [2.45, 2.75) is 24.9 Å². The van der Waals surface area contributed by atoms with Gasteiger partial charge in [-0.2, -0.15) is 0 Å². The summed E-state index contributed by atoms with van der Waals surface area (Å²) < 4.78 is 30.7. The van der Waals surface area contributed by atoms with Crippen molar-refractivity contribution in [2.24, 2.45) is 5.92 Å². The first-order valence-corrected chi connectivity index (χ1v) is 9.19. The van der Waals surface area contributed by atoms with Crippen LogP contribution in [-0.2, 0) is 10.0 Å². The second-order valence-electron chi connectivity index (χ2n) is 6.04. The summed E-state index contributed by atoms with van der Waals surface area (Å²) >= 11 is 0. The van der Waals surface area contributed by atoms with Crippen molar-refractivity contribution in [3.8, 4) is 5.75 Å². The summed E-state index contributed by atoms with van der Waals surface area (Å²) in [6.07, 6.45) is 2.71. The number of nitrogens with one attached hydrogen (secondary N) is 1. The number of carbonyl (C=O) groups excluding carboxylic acids is 1. The number of ether oxygens (including phenoxy) is 1. The van der Waals surface area contributed by atoms with E-state index < -0.39 is 10.0 Å². The minimum atomic E-state index is -3.20. The quantitative estimate of drug-likeness (QED) is 0.891. The highest BCUT2D eigenvalue weighted by molar-refractivity contribution is 7.88. The van der Waals surface area contributed by atoms with E-state index >= 15 is 0 Å². The number of rotatable bonds is 4. The molecule has 2 fully saturated rings.